The minimum atomic E-state index is -0.180. The Bertz CT molecular complexity index is 404. The van der Waals surface area contributed by atoms with Crippen molar-refractivity contribution in [2.24, 2.45) is 5.16 Å². The Morgan fingerprint density at radius 1 is 1.60 bits per heavy atom. The SMILES string of the molecule is Cc1ccc(C2=NOC(CO)C2)cc1Br. The van der Waals surface area contributed by atoms with Gasteiger partial charge in [-0.2, -0.15) is 0 Å². The molecule has 0 fully saturated rings. The van der Waals surface area contributed by atoms with Gasteiger partial charge in [0.1, 0.15) is 0 Å². The van der Waals surface area contributed by atoms with Crippen molar-refractivity contribution < 1.29 is 9.94 Å². The highest BCUT2D eigenvalue weighted by molar-refractivity contribution is 9.10. The predicted molar refractivity (Wildman–Crippen MR) is 62.0 cm³/mol. The maximum atomic E-state index is 8.92. The first-order valence-electron chi connectivity index (χ1n) is 4.81. The number of nitrogens with zero attached hydrogens (tertiary/aromatic N) is 1. The van der Waals surface area contributed by atoms with Crippen LogP contribution in [0.1, 0.15) is 17.5 Å². The summed E-state index contributed by atoms with van der Waals surface area (Å²) in [6, 6.07) is 6.08. The Morgan fingerprint density at radius 3 is 3.00 bits per heavy atom. The van der Waals surface area contributed by atoms with E-state index in [2.05, 4.69) is 21.1 Å². The number of rotatable bonds is 2. The third-order valence-corrected chi connectivity index (χ3v) is 3.30. The molecule has 0 saturated carbocycles. The fraction of sp³-hybridized carbons (Fsp3) is 0.364. The molecule has 80 valence electrons. The summed E-state index contributed by atoms with van der Waals surface area (Å²) in [5.41, 5.74) is 3.13. The van der Waals surface area contributed by atoms with Gasteiger partial charge < -0.3 is 9.94 Å². The predicted octanol–water partition coefficient (Wildman–Crippen LogP) is 2.24. The Hall–Kier alpha value is -0.870. The van der Waals surface area contributed by atoms with Crippen molar-refractivity contribution in [1.82, 2.24) is 0 Å². The number of benzene rings is 1. The lowest BCUT2D eigenvalue weighted by Gasteiger charge is -2.03. The number of hydrogen-bond donors (Lipinski definition) is 1. The molecule has 1 aromatic rings. The van der Waals surface area contributed by atoms with Crippen LogP contribution < -0.4 is 0 Å². The van der Waals surface area contributed by atoms with Crippen molar-refractivity contribution in [1.29, 1.82) is 0 Å². The van der Waals surface area contributed by atoms with Gasteiger partial charge in [0, 0.05) is 16.5 Å². The van der Waals surface area contributed by atoms with E-state index >= 15 is 0 Å². The van der Waals surface area contributed by atoms with E-state index in [4.69, 9.17) is 9.94 Å². The van der Waals surface area contributed by atoms with Crippen LogP contribution >= 0.6 is 15.9 Å². The van der Waals surface area contributed by atoms with E-state index in [1.54, 1.807) is 0 Å². The summed E-state index contributed by atoms with van der Waals surface area (Å²) in [6.07, 6.45) is 0.492. The molecule has 1 atom stereocenters. The van der Waals surface area contributed by atoms with Gasteiger partial charge in [-0.25, -0.2) is 0 Å². The Labute approximate surface area is 96.9 Å². The molecule has 0 saturated heterocycles. The van der Waals surface area contributed by atoms with Gasteiger partial charge in [-0.05, 0) is 18.6 Å². The molecule has 1 unspecified atom stereocenters. The van der Waals surface area contributed by atoms with E-state index in [0.29, 0.717) is 6.42 Å². The third-order valence-electron chi connectivity index (χ3n) is 2.44. The molecule has 15 heavy (non-hydrogen) atoms. The molecule has 1 N–H and O–H groups in total. The van der Waals surface area contributed by atoms with E-state index in [9.17, 15) is 0 Å². The van der Waals surface area contributed by atoms with Crippen molar-refractivity contribution >= 4 is 21.6 Å². The molecule has 1 aliphatic rings. The van der Waals surface area contributed by atoms with E-state index in [1.807, 2.05) is 25.1 Å². The monoisotopic (exact) mass is 269 g/mol. The van der Waals surface area contributed by atoms with Crippen LogP contribution in [-0.4, -0.2) is 23.5 Å². The van der Waals surface area contributed by atoms with Crippen LogP contribution in [0.3, 0.4) is 0 Å². The van der Waals surface area contributed by atoms with Crippen LogP contribution in [0.2, 0.25) is 0 Å². The molecule has 3 nitrogen and oxygen atoms in total. The molecule has 2 rings (SSSR count). The summed E-state index contributed by atoms with van der Waals surface area (Å²) in [5.74, 6) is 0. The lowest BCUT2D eigenvalue weighted by atomic mass is 10.0. The van der Waals surface area contributed by atoms with Crippen LogP contribution in [0.4, 0.5) is 0 Å². The highest BCUT2D eigenvalue weighted by Gasteiger charge is 2.21. The highest BCUT2D eigenvalue weighted by atomic mass is 79.9. The van der Waals surface area contributed by atoms with Crippen LogP contribution in [0, 0.1) is 6.92 Å². The normalized spacial score (nSPS) is 19.9. The molecule has 1 aliphatic heterocycles. The fourth-order valence-corrected chi connectivity index (χ4v) is 1.85. The van der Waals surface area contributed by atoms with Gasteiger partial charge in [-0.15, -0.1) is 0 Å². The second-order valence-electron chi connectivity index (χ2n) is 3.62. The van der Waals surface area contributed by atoms with Gasteiger partial charge in [-0.3, -0.25) is 0 Å². The molecule has 1 aromatic carbocycles. The van der Waals surface area contributed by atoms with E-state index in [0.717, 1.165) is 15.7 Å². The number of aliphatic hydroxyl groups is 1. The molecule has 0 radical (unpaired) electrons. The molecule has 0 bridgehead atoms. The topological polar surface area (TPSA) is 41.8 Å². The van der Waals surface area contributed by atoms with Crippen LogP contribution in [0.15, 0.2) is 27.8 Å². The van der Waals surface area contributed by atoms with E-state index in [1.165, 1.54) is 5.56 Å². The van der Waals surface area contributed by atoms with Gasteiger partial charge in [-0.1, -0.05) is 33.2 Å². The van der Waals surface area contributed by atoms with Crippen LogP contribution in [0.25, 0.3) is 0 Å². The molecular weight excluding hydrogens is 258 g/mol. The van der Waals surface area contributed by atoms with Crippen molar-refractivity contribution in [3.05, 3.63) is 33.8 Å². The Kier molecular flexibility index (Phi) is 3.07. The molecule has 0 aliphatic carbocycles. The molecule has 0 spiro atoms. The van der Waals surface area contributed by atoms with Crippen molar-refractivity contribution in [3.63, 3.8) is 0 Å². The molecule has 0 amide bonds. The van der Waals surface area contributed by atoms with E-state index < -0.39 is 0 Å². The first-order chi connectivity index (χ1) is 7.20. The number of hydrogen-bond acceptors (Lipinski definition) is 3. The number of oxime groups is 1. The van der Waals surface area contributed by atoms with Crippen molar-refractivity contribution in [2.75, 3.05) is 6.61 Å². The zero-order valence-electron chi connectivity index (χ0n) is 8.40. The number of halogens is 1. The fourth-order valence-electron chi connectivity index (χ4n) is 1.47. The molecule has 4 heteroatoms. The van der Waals surface area contributed by atoms with Crippen LogP contribution in [-0.2, 0) is 4.84 Å². The molecule has 1 heterocycles. The summed E-state index contributed by atoms with van der Waals surface area (Å²) in [4.78, 5) is 5.06. The maximum Gasteiger partial charge on any atom is 0.156 e. The van der Waals surface area contributed by atoms with Gasteiger partial charge >= 0.3 is 0 Å². The zero-order valence-corrected chi connectivity index (χ0v) is 9.99. The van der Waals surface area contributed by atoms with Gasteiger partial charge in [0.25, 0.3) is 0 Å². The average molecular weight is 270 g/mol. The Balaban J connectivity index is 2.21. The second-order valence-corrected chi connectivity index (χ2v) is 4.47. The average Bonchev–Trinajstić information content (AvgIpc) is 2.70. The first-order valence-corrected chi connectivity index (χ1v) is 5.60. The third kappa shape index (κ3) is 2.21. The molecular formula is C11H12BrNO2. The maximum absolute atomic E-state index is 8.92. The summed E-state index contributed by atoms with van der Waals surface area (Å²) < 4.78 is 1.06. The number of aliphatic hydroxyl groups excluding tert-OH is 1. The van der Waals surface area contributed by atoms with Crippen LogP contribution in [0.5, 0.6) is 0 Å². The summed E-state index contributed by atoms with van der Waals surface area (Å²) in [6.45, 7) is 2.05. The van der Waals surface area contributed by atoms with Gasteiger partial charge in [0.05, 0.1) is 12.3 Å². The lowest BCUT2D eigenvalue weighted by molar-refractivity contribution is 0.0390. The minimum Gasteiger partial charge on any atom is -0.392 e. The smallest absolute Gasteiger partial charge is 0.156 e. The quantitative estimate of drug-likeness (QED) is 0.895. The summed E-state index contributed by atoms with van der Waals surface area (Å²) in [5, 5.41) is 12.9. The van der Waals surface area contributed by atoms with E-state index in [-0.39, 0.29) is 12.7 Å². The van der Waals surface area contributed by atoms with Gasteiger partial charge in [0.2, 0.25) is 0 Å². The Morgan fingerprint density at radius 2 is 2.40 bits per heavy atom. The van der Waals surface area contributed by atoms with Gasteiger partial charge in [0.15, 0.2) is 6.10 Å². The number of aryl methyl sites for hydroxylation is 1. The summed E-state index contributed by atoms with van der Waals surface area (Å²) in [7, 11) is 0. The van der Waals surface area contributed by atoms with Crippen molar-refractivity contribution in [2.45, 2.75) is 19.4 Å². The summed E-state index contributed by atoms with van der Waals surface area (Å²) >= 11 is 3.48. The first kappa shape index (κ1) is 10.6. The van der Waals surface area contributed by atoms with Crippen molar-refractivity contribution in [3.8, 4) is 0 Å². The molecule has 0 aromatic heterocycles. The largest absolute Gasteiger partial charge is 0.392 e. The highest BCUT2D eigenvalue weighted by Crippen LogP contribution is 2.22. The standard InChI is InChI=1S/C11H12BrNO2/c1-7-2-3-8(4-10(7)12)11-5-9(6-14)15-13-11/h2-4,9,14H,5-6H2,1H3. The second kappa shape index (κ2) is 4.33. The zero-order chi connectivity index (χ0) is 10.8. The lowest BCUT2D eigenvalue weighted by Crippen LogP contribution is -2.12. The minimum absolute atomic E-state index is 0.0139.